The van der Waals surface area contributed by atoms with E-state index in [9.17, 15) is 9.59 Å². The summed E-state index contributed by atoms with van der Waals surface area (Å²) in [5, 5.41) is 0. The van der Waals surface area contributed by atoms with Crippen molar-refractivity contribution in [2.24, 2.45) is 5.92 Å². The normalized spacial score (nSPS) is 21.2. The number of esters is 2. The molecule has 18 heavy (non-hydrogen) atoms. The molecule has 1 fully saturated rings. The molecule has 0 saturated heterocycles. The third-order valence-electron chi connectivity index (χ3n) is 2.95. The molecule has 1 aromatic carbocycles. The minimum Gasteiger partial charge on any atom is -0.466 e. The Morgan fingerprint density at radius 1 is 1.33 bits per heavy atom. The summed E-state index contributed by atoms with van der Waals surface area (Å²) in [5.41, 5.74) is 0.908. The molecule has 1 aliphatic rings. The number of hydrogen-bond acceptors (Lipinski definition) is 4. The van der Waals surface area contributed by atoms with E-state index in [1.165, 1.54) is 6.92 Å². The van der Waals surface area contributed by atoms with E-state index in [1.807, 2.05) is 18.2 Å². The summed E-state index contributed by atoms with van der Waals surface area (Å²) in [6.07, 6.45) is 0.761. The highest BCUT2D eigenvalue weighted by Crippen LogP contribution is 2.50. The highest BCUT2D eigenvalue weighted by Gasteiger charge is 2.46. The Morgan fingerprint density at radius 2 is 2.06 bits per heavy atom. The van der Waals surface area contributed by atoms with Gasteiger partial charge in [-0.05, 0) is 25.0 Å². The maximum atomic E-state index is 11.6. The standard InChI is InChI=1S/C14H16O4/c1-3-17-14(16)12-8-11(12)10-6-4-5-7-13(10)18-9(2)15/h4-7,11-12H,3,8H2,1-2H3. The van der Waals surface area contributed by atoms with Crippen molar-refractivity contribution in [1.82, 2.24) is 0 Å². The Kier molecular flexibility index (Phi) is 3.65. The molecule has 2 atom stereocenters. The van der Waals surface area contributed by atoms with Crippen LogP contribution in [0.2, 0.25) is 0 Å². The third-order valence-corrected chi connectivity index (χ3v) is 2.95. The molecule has 96 valence electrons. The average Bonchev–Trinajstić information content (AvgIpc) is 3.09. The fourth-order valence-electron chi connectivity index (χ4n) is 2.08. The van der Waals surface area contributed by atoms with E-state index in [0.29, 0.717) is 12.4 Å². The topological polar surface area (TPSA) is 52.6 Å². The third kappa shape index (κ3) is 2.70. The lowest BCUT2D eigenvalue weighted by Gasteiger charge is -2.08. The molecule has 0 aromatic heterocycles. The van der Waals surface area contributed by atoms with E-state index >= 15 is 0 Å². The SMILES string of the molecule is CCOC(=O)C1CC1c1ccccc1OC(C)=O. The lowest BCUT2D eigenvalue weighted by molar-refractivity contribution is -0.144. The quantitative estimate of drug-likeness (QED) is 0.606. The molecule has 4 heteroatoms. The molecule has 1 aliphatic carbocycles. The van der Waals surface area contributed by atoms with Gasteiger partial charge in [0.05, 0.1) is 12.5 Å². The molecule has 0 N–H and O–H groups in total. The first kappa shape index (κ1) is 12.6. The Morgan fingerprint density at radius 3 is 2.72 bits per heavy atom. The molecule has 1 saturated carbocycles. The van der Waals surface area contributed by atoms with Gasteiger partial charge in [-0.1, -0.05) is 18.2 Å². The van der Waals surface area contributed by atoms with Crippen molar-refractivity contribution in [2.45, 2.75) is 26.2 Å². The molecule has 0 radical (unpaired) electrons. The van der Waals surface area contributed by atoms with Gasteiger partial charge in [0.2, 0.25) is 0 Å². The number of rotatable bonds is 4. The number of carbonyl (C=O) groups excluding carboxylic acids is 2. The van der Waals surface area contributed by atoms with Gasteiger partial charge in [-0.2, -0.15) is 0 Å². The van der Waals surface area contributed by atoms with Gasteiger partial charge in [-0.15, -0.1) is 0 Å². The van der Waals surface area contributed by atoms with Gasteiger partial charge >= 0.3 is 11.9 Å². The van der Waals surface area contributed by atoms with Crippen molar-refractivity contribution in [3.63, 3.8) is 0 Å². The summed E-state index contributed by atoms with van der Waals surface area (Å²) in [4.78, 5) is 22.6. The Hall–Kier alpha value is -1.84. The molecule has 2 unspecified atom stereocenters. The van der Waals surface area contributed by atoms with Crippen molar-refractivity contribution in [1.29, 1.82) is 0 Å². The molecule has 0 spiro atoms. The van der Waals surface area contributed by atoms with Crippen molar-refractivity contribution < 1.29 is 19.1 Å². The average molecular weight is 248 g/mol. The molecule has 0 aliphatic heterocycles. The van der Waals surface area contributed by atoms with Gasteiger partial charge in [0.1, 0.15) is 5.75 Å². The van der Waals surface area contributed by atoms with E-state index in [-0.39, 0.29) is 23.8 Å². The molecule has 0 amide bonds. The lowest BCUT2D eigenvalue weighted by Crippen LogP contribution is -2.08. The minimum absolute atomic E-state index is 0.0957. The summed E-state index contributed by atoms with van der Waals surface area (Å²) >= 11 is 0. The van der Waals surface area contributed by atoms with E-state index < -0.39 is 0 Å². The van der Waals surface area contributed by atoms with Gasteiger partial charge in [-0.25, -0.2) is 0 Å². The van der Waals surface area contributed by atoms with E-state index in [1.54, 1.807) is 13.0 Å². The van der Waals surface area contributed by atoms with Crippen molar-refractivity contribution >= 4 is 11.9 Å². The van der Waals surface area contributed by atoms with E-state index in [4.69, 9.17) is 9.47 Å². The zero-order valence-electron chi connectivity index (χ0n) is 10.5. The second-order valence-electron chi connectivity index (χ2n) is 4.33. The monoisotopic (exact) mass is 248 g/mol. The van der Waals surface area contributed by atoms with Crippen LogP contribution in [0.5, 0.6) is 5.75 Å². The van der Waals surface area contributed by atoms with Crippen LogP contribution in [0.25, 0.3) is 0 Å². The lowest BCUT2D eigenvalue weighted by atomic mass is 10.1. The maximum Gasteiger partial charge on any atom is 0.309 e. The van der Waals surface area contributed by atoms with Gasteiger partial charge in [-0.3, -0.25) is 9.59 Å². The Labute approximate surface area is 106 Å². The number of carbonyl (C=O) groups is 2. The number of benzene rings is 1. The van der Waals surface area contributed by atoms with Crippen molar-refractivity contribution in [3.05, 3.63) is 29.8 Å². The van der Waals surface area contributed by atoms with Gasteiger partial charge in [0.25, 0.3) is 0 Å². The highest BCUT2D eigenvalue weighted by molar-refractivity contribution is 5.78. The molecule has 0 bridgehead atoms. The second-order valence-corrected chi connectivity index (χ2v) is 4.33. The molecule has 1 aromatic rings. The van der Waals surface area contributed by atoms with Crippen LogP contribution in [0.15, 0.2) is 24.3 Å². The largest absolute Gasteiger partial charge is 0.466 e. The van der Waals surface area contributed by atoms with Crippen LogP contribution in [0.1, 0.15) is 31.7 Å². The summed E-state index contributed by atoms with van der Waals surface area (Å²) in [7, 11) is 0. The first-order valence-corrected chi connectivity index (χ1v) is 6.07. The fraction of sp³-hybridized carbons (Fsp3) is 0.429. The van der Waals surface area contributed by atoms with E-state index in [2.05, 4.69) is 0 Å². The van der Waals surface area contributed by atoms with Crippen LogP contribution in [-0.2, 0) is 14.3 Å². The predicted octanol–water partition coefficient (Wildman–Crippen LogP) is 2.28. The Balaban J connectivity index is 2.11. The molecule has 4 nitrogen and oxygen atoms in total. The number of ether oxygens (including phenoxy) is 2. The van der Waals surface area contributed by atoms with Gasteiger partial charge < -0.3 is 9.47 Å². The summed E-state index contributed by atoms with van der Waals surface area (Å²) in [6, 6.07) is 7.33. The molecular weight excluding hydrogens is 232 g/mol. The summed E-state index contributed by atoms with van der Waals surface area (Å²) in [6.45, 7) is 3.56. The smallest absolute Gasteiger partial charge is 0.309 e. The van der Waals surface area contributed by atoms with Gasteiger partial charge in [0, 0.05) is 12.8 Å². The zero-order valence-corrected chi connectivity index (χ0v) is 10.5. The Bertz CT molecular complexity index is 467. The molecular formula is C14H16O4. The van der Waals surface area contributed by atoms with Crippen LogP contribution in [0.4, 0.5) is 0 Å². The fourth-order valence-corrected chi connectivity index (χ4v) is 2.08. The van der Waals surface area contributed by atoms with Crippen LogP contribution in [-0.4, -0.2) is 18.5 Å². The van der Waals surface area contributed by atoms with Crippen LogP contribution in [0, 0.1) is 5.92 Å². The zero-order chi connectivity index (χ0) is 13.1. The second kappa shape index (κ2) is 5.21. The predicted molar refractivity (Wildman–Crippen MR) is 65.2 cm³/mol. The number of para-hydroxylation sites is 1. The first-order chi connectivity index (χ1) is 8.63. The van der Waals surface area contributed by atoms with E-state index in [0.717, 1.165) is 12.0 Å². The first-order valence-electron chi connectivity index (χ1n) is 6.07. The van der Waals surface area contributed by atoms with Crippen LogP contribution >= 0.6 is 0 Å². The summed E-state index contributed by atoms with van der Waals surface area (Å²) in [5.74, 6) is 0.0407. The highest BCUT2D eigenvalue weighted by atomic mass is 16.5. The van der Waals surface area contributed by atoms with Gasteiger partial charge in [0.15, 0.2) is 0 Å². The van der Waals surface area contributed by atoms with Crippen LogP contribution in [0.3, 0.4) is 0 Å². The summed E-state index contributed by atoms with van der Waals surface area (Å²) < 4.78 is 10.1. The molecule has 0 heterocycles. The van der Waals surface area contributed by atoms with Crippen molar-refractivity contribution in [2.75, 3.05) is 6.61 Å². The maximum absolute atomic E-state index is 11.6. The van der Waals surface area contributed by atoms with Crippen LogP contribution < -0.4 is 4.74 Å². The van der Waals surface area contributed by atoms with Crippen molar-refractivity contribution in [3.8, 4) is 5.75 Å². The molecule has 2 rings (SSSR count). The minimum atomic E-state index is -0.351. The number of hydrogen-bond donors (Lipinski definition) is 0.